The summed E-state index contributed by atoms with van der Waals surface area (Å²) in [5, 5.41) is 0. The fourth-order valence-electron chi connectivity index (χ4n) is 1.20. The highest BCUT2D eigenvalue weighted by atomic mass is 32.2. The Morgan fingerprint density at radius 3 is 2.33 bits per heavy atom. The zero-order chi connectivity index (χ0) is 13.9. The molecule has 1 N–H and O–H groups in total. The molecule has 0 amide bonds. The standard InChI is InChI=1S/C10H13F3N2O2S/c1-15(2)6-5-14-18(16,17)8-4-3-7(11)9(12)10(8)13/h3-4,14H,5-6H2,1-2H3. The van der Waals surface area contributed by atoms with Gasteiger partial charge in [0.1, 0.15) is 4.90 Å². The van der Waals surface area contributed by atoms with Gasteiger partial charge in [-0.05, 0) is 26.2 Å². The lowest BCUT2D eigenvalue weighted by molar-refractivity contribution is 0.411. The molecule has 0 spiro atoms. The van der Waals surface area contributed by atoms with Crippen LogP contribution in [0.4, 0.5) is 13.2 Å². The quantitative estimate of drug-likeness (QED) is 0.818. The fourth-order valence-corrected chi connectivity index (χ4v) is 2.29. The van der Waals surface area contributed by atoms with Gasteiger partial charge in [0.2, 0.25) is 10.0 Å². The van der Waals surface area contributed by atoms with E-state index in [4.69, 9.17) is 0 Å². The summed E-state index contributed by atoms with van der Waals surface area (Å²) in [5.74, 6) is -4.95. The molecule has 0 radical (unpaired) electrons. The summed E-state index contributed by atoms with van der Waals surface area (Å²) in [4.78, 5) is 0.810. The minimum atomic E-state index is -4.18. The first-order chi connectivity index (χ1) is 8.25. The normalized spacial score (nSPS) is 12.1. The largest absolute Gasteiger partial charge is 0.308 e. The Labute approximate surface area is 103 Å². The maximum Gasteiger partial charge on any atom is 0.243 e. The molecule has 0 atom stereocenters. The number of hydrogen-bond donors (Lipinski definition) is 1. The average molecular weight is 282 g/mol. The van der Waals surface area contributed by atoms with Crippen molar-refractivity contribution in [3.63, 3.8) is 0 Å². The summed E-state index contributed by atoms with van der Waals surface area (Å²) in [6.45, 7) is 0.429. The van der Waals surface area contributed by atoms with Crippen LogP contribution in [0.5, 0.6) is 0 Å². The van der Waals surface area contributed by atoms with Crippen LogP contribution in [0.15, 0.2) is 17.0 Å². The number of nitrogens with one attached hydrogen (secondary N) is 1. The van der Waals surface area contributed by atoms with E-state index in [1.54, 1.807) is 19.0 Å². The van der Waals surface area contributed by atoms with Crippen molar-refractivity contribution >= 4 is 10.0 Å². The number of sulfonamides is 1. The van der Waals surface area contributed by atoms with E-state index in [2.05, 4.69) is 4.72 Å². The average Bonchev–Trinajstić information content (AvgIpc) is 2.24. The molecule has 0 aromatic heterocycles. The van der Waals surface area contributed by atoms with Crippen LogP contribution < -0.4 is 4.72 Å². The zero-order valence-corrected chi connectivity index (χ0v) is 10.7. The van der Waals surface area contributed by atoms with E-state index in [-0.39, 0.29) is 6.54 Å². The first kappa shape index (κ1) is 14.9. The van der Waals surface area contributed by atoms with Gasteiger partial charge in [0.15, 0.2) is 17.5 Å². The first-order valence-corrected chi connectivity index (χ1v) is 6.52. The molecular formula is C10H13F3N2O2S. The third kappa shape index (κ3) is 3.44. The number of nitrogens with zero attached hydrogens (tertiary/aromatic N) is 1. The molecule has 0 unspecified atom stereocenters. The summed E-state index contributed by atoms with van der Waals surface area (Å²) in [7, 11) is -0.727. The molecule has 0 fully saturated rings. The van der Waals surface area contributed by atoms with Crippen LogP contribution in [-0.2, 0) is 10.0 Å². The molecule has 0 heterocycles. The summed E-state index contributed by atoms with van der Waals surface area (Å²) in [6.07, 6.45) is 0. The van der Waals surface area contributed by atoms with Crippen molar-refractivity contribution in [2.45, 2.75) is 4.90 Å². The SMILES string of the molecule is CN(C)CCNS(=O)(=O)c1ccc(F)c(F)c1F. The minimum absolute atomic E-state index is 0.0355. The third-order valence-corrected chi connectivity index (χ3v) is 3.62. The highest BCUT2D eigenvalue weighted by Crippen LogP contribution is 2.19. The Bertz CT molecular complexity index is 532. The molecule has 102 valence electrons. The first-order valence-electron chi connectivity index (χ1n) is 5.03. The van der Waals surface area contributed by atoms with Crippen molar-refractivity contribution in [3.8, 4) is 0 Å². The molecule has 8 heteroatoms. The van der Waals surface area contributed by atoms with Crippen LogP contribution >= 0.6 is 0 Å². The molecule has 1 aromatic rings. The highest BCUT2D eigenvalue weighted by molar-refractivity contribution is 7.89. The number of benzene rings is 1. The van der Waals surface area contributed by atoms with Crippen molar-refractivity contribution in [2.75, 3.05) is 27.2 Å². The van der Waals surface area contributed by atoms with E-state index in [1.165, 1.54) is 0 Å². The molecule has 1 aromatic carbocycles. The molecule has 0 aliphatic heterocycles. The van der Waals surface area contributed by atoms with Crippen LogP contribution in [0, 0.1) is 17.5 Å². The predicted octanol–water partition coefficient (Wildman–Crippen LogP) is 0.944. The smallest absolute Gasteiger partial charge is 0.243 e. The van der Waals surface area contributed by atoms with Gasteiger partial charge in [-0.25, -0.2) is 26.3 Å². The third-order valence-electron chi connectivity index (χ3n) is 2.14. The summed E-state index contributed by atoms with van der Waals surface area (Å²) in [5.41, 5.74) is 0. The van der Waals surface area contributed by atoms with Crippen LogP contribution in [0.1, 0.15) is 0 Å². The molecular weight excluding hydrogens is 269 g/mol. The fraction of sp³-hybridized carbons (Fsp3) is 0.400. The van der Waals surface area contributed by atoms with Gasteiger partial charge in [0, 0.05) is 13.1 Å². The molecule has 0 saturated heterocycles. The second kappa shape index (κ2) is 5.68. The van der Waals surface area contributed by atoms with Gasteiger partial charge in [-0.1, -0.05) is 0 Å². The Balaban J connectivity index is 2.96. The Hall–Kier alpha value is -1.12. The van der Waals surface area contributed by atoms with Crippen molar-refractivity contribution in [2.24, 2.45) is 0 Å². The lowest BCUT2D eigenvalue weighted by Gasteiger charge is -2.11. The second-order valence-corrected chi connectivity index (χ2v) is 5.61. The van der Waals surface area contributed by atoms with Crippen molar-refractivity contribution in [3.05, 3.63) is 29.6 Å². The Kier molecular flexibility index (Phi) is 4.71. The van der Waals surface area contributed by atoms with E-state index in [0.717, 1.165) is 0 Å². The number of halogens is 3. The molecule has 0 aliphatic carbocycles. The summed E-state index contributed by atoms with van der Waals surface area (Å²) >= 11 is 0. The highest BCUT2D eigenvalue weighted by Gasteiger charge is 2.23. The minimum Gasteiger partial charge on any atom is -0.308 e. The van der Waals surface area contributed by atoms with Crippen LogP contribution in [0.3, 0.4) is 0 Å². The van der Waals surface area contributed by atoms with Crippen molar-refractivity contribution in [1.82, 2.24) is 9.62 Å². The molecule has 4 nitrogen and oxygen atoms in total. The lowest BCUT2D eigenvalue weighted by Crippen LogP contribution is -2.32. The van der Waals surface area contributed by atoms with Gasteiger partial charge < -0.3 is 4.90 Å². The zero-order valence-electron chi connectivity index (χ0n) is 9.87. The van der Waals surface area contributed by atoms with E-state index >= 15 is 0 Å². The van der Waals surface area contributed by atoms with E-state index in [1.807, 2.05) is 0 Å². The molecule has 0 bridgehead atoms. The topological polar surface area (TPSA) is 49.4 Å². The maximum absolute atomic E-state index is 13.3. The maximum atomic E-state index is 13.3. The van der Waals surface area contributed by atoms with Gasteiger partial charge in [-0.15, -0.1) is 0 Å². The Morgan fingerprint density at radius 1 is 1.17 bits per heavy atom. The van der Waals surface area contributed by atoms with Crippen LogP contribution in [-0.4, -0.2) is 40.5 Å². The summed E-state index contributed by atoms with van der Waals surface area (Å²) in [6, 6.07) is 1.25. The van der Waals surface area contributed by atoms with E-state index in [9.17, 15) is 21.6 Å². The van der Waals surface area contributed by atoms with E-state index < -0.39 is 32.4 Å². The predicted molar refractivity (Wildman–Crippen MR) is 60.1 cm³/mol. The monoisotopic (exact) mass is 282 g/mol. The number of likely N-dealkylation sites (N-methyl/N-ethyl adjacent to an activating group) is 1. The lowest BCUT2D eigenvalue weighted by atomic mass is 10.3. The second-order valence-electron chi connectivity index (χ2n) is 3.87. The van der Waals surface area contributed by atoms with E-state index in [0.29, 0.717) is 18.7 Å². The molecule has 1 rings (SSSR count). The van der Waals surface area contributed by atoms with Crippen LogP contribution in [0.2, 0.25) is 0 Å². The van der Waals surface area contributed by atoms with Gasteiger partial charge in [0.05, 0.1) is 0 Å². The Morgan fingerprint density at radius 2 is 1.78 bits per heavy atom. The molecule has 0 saturated carbocycles. The molecule has 18 heavy (non-hydrogen) atoms. The van der Waals surface area contributed by atoms with Gasteiger partial charge in [-0.3, -0.25) is 0 Å². The number of rotatable bonds is 5. The van der Waals surface area contributed by atoms with Gasteiger partial charge in [0.25, 0.3) is 0 Å². The number of hydrogen-bond acceptors (Lipinski definition) is 3. The van der Waals surface area contributed by atoms with Gasteiger partial charge in [-0.2, -0.15) is 0 Å². The molecule has 0 aliphatic rings. The summed E-state index contributed by atoms with van der Waals surface area (Å²) < 4.78 is 64.3. The van der Waals surface area contributed by atoms with Crippen molar-refractivity contribution < 1.29 is 21.6 Å². The van der Waals surface area contributed by atoms with Crippen molar-refractivity contribution in [1.29, 1.82) is 0 Å². The van der Waals surface area contributed by atoms with Crippen LogP contribution in [0.25, 0.3) is 0 Å². The van der Waals surface area contributed by atoms with Gasteiger partial charge >= 0.3 is 0 Å².